The largest absolute Gasteiger partial charge is 0.340 e. The van der Waals surface area contributed by atoms with Crippen molar-refractivity contribution in [1.29, 1.82) is 0 Å². The zero-order valence-electron chi connectivity index (χ0n) is 9.93. The second-order valence-corrected chi connectivity index (χ2v) is 5.02. The van der Waals surface area contributed by atoms with Gasteiger partial charge in [-0.05, 0) is 24.3 Å². The van der Waals surface area contributed by atoms with E-state index in [-0.39, 0.29) is 0 Å². The Labute approximate surface area is 113 Å². The molecule has 0 amide bonds. The Hall–Kier alpha value is -1.62. The summed E-state index contributed by atoms with van der Waals surface area (Å²) in [5.41, 5.74) is 1.17. The molecule has 0 saturated carbocycles. The maximum Gasteiger partial charge on any atom is 0.226 e. The molecule has 0 atom stereocenters. The van der Waals surface area contributed by atoms with Crippen LogP contribution in [-0.2, 0) is 13.0 Å². The summed E-state index contributed by atoms with van der Waals surface area (Å²) in [6, 6.07) is 8.30. The van der Waals surface area contributed by atoms with Crippen LogP contribution in [0.25, 0.3) is 10.9 Å². The van der Waals surface area contributed by atoms with E-state index in [1.54, 1.807) is 0 Å². The number of rotatable bonds is 3. The van der Waals surface area contributed by atoms with E-state index < -0.39 is 0 Å². The molecule has 0 radical (unpaired) electrons. The van der Waals surface area contributed by atoms with E-state index in [4.69, 9.17) is 4.52 Å². The first-order valence-corrected chi connectivity index (χ1v) is 6.61. The number of aryl methyl sites for hydroxylation is 1. The maximum atomic E-state index is 5.11. The summed E-state index contributed by atoms with van der Waals surface area (Å²) in [5, 5.41) is 5.17. The van der Waals surface area contributed by atoms with Crippen LogP contribution < -0.4 is 0 Å². The van der Waals surface area contributed by atoms with Gasteiger partial charge in [-0.3, -0.25) is 0 Å². The van der Waals surface area contributed by atoms with Crippen molar-refractivity contribution in [2.45, 2.75) is 19.9 Å². The maximum absolute atomic E-state index is 5.11. The minimum Gasteiger partial charge on any atom is -0.340 e. The van der Waals surface area contributed by atoms with E-state index in [2.05, 4.69) is 48.8 Å². The van der Waals surface area contributed by atoms with E-state index in [0.717, 1.165) is 10.9 Å². The molecule has 1 aromatic carbocycles. The van der Waals surface area contributed by atoms with Crippen LogP contribution in [-0.4, -0.2) is 14.7 Å². The molecule has 5 heteroatoms. The third-order valence-electron chi connectivity index (χ3n) is 2.86. The number of hydrogen-bond donors (Lipinski definition) is 0. The SMILES string of the molecule is CCc1nc(Cn2ccc3cc(Br)ccc32)no1. The predicted octanol–water partition coefficient (Wildman–Crippen LogP) is 3.40. The molecule has 0 N–H and O–H groups in total. The molecule has 3 aromatic rings. The van der Waals surface area contributed by atoms with E-state index in [9.17, 15) is 0 Å². The molecule has 0 bridgehead atoms. The van der Waals surface area contributed by atoms with Gasteiger partial charge >= 0.3 is 0 Å². The molecule has 92 valence electrons. The standard InChI is InChI=1S/C13H12BrN3O/c1-2-13-15-12(16-18-13)8-17-6-5-9-7-10(14)3-4-11(9)17/h3-7H,2,8H2,1H3. The van der Waals surface area contributed by atoms with Crippen molar-refractivity contribution in [2.24, 2.45) is 0 Å². The van der Waals surface area contributed by atoms with Crippen LogP contribution in [0.1, 0.15) is 18.6 Å². The molecule has 0 spiro atoms. The van der Waals surface area contributed by atoms with E-state index in [1.165, 1.54) is 10.9 Å². The van der Waals surface area contributed by atoms with Gasteiger partial charge in [0, 0.05) is 28.0 Å². The Kier molecular flexibility index (Phi) is 2.91. The quantitative estimate of drug-likeness (QED) is 0.745. The van der Waals surface area contributed by atoms with Crippen molar-refractivity contribution in [3.8, 4) is 0 Å². The van der Waals surface area contributed by atoms with Gasteiger partial charge in [-0.15, -0.1) is 0 Å². The summed E-state index contributed by atoms with van der Waals surface area (Å²) in [4.78, 5) is 4.32. The van der Waals surface area contributed by atoms with Gasteiger partial charge in [0.15, 0.2) is 5.82 Å². The van der Waals surface area contributed by atoms with Gasteiger partial charge in [0.05, 0.1) is 6.54 Å². The van der Waals surface area contributed by atoms with Gasteiger partial charge in [-0.1, -0.05) is 28.0 Å². The molecule has 2 heterocycles. The van der Waals surface area contributed by atoms with Gasteiger partial charge in [0.25, 0.3) is 0 Å². The average Bonchev–Trinajstić information content (AvgIpc) is 2.97. The van der Waals surface area contributed by atoms with Gasteiger partial charge in [-0.25, -0.2) is 0 Å². The first-order chi connectivity index (χ1) is 8.76. The zero-order valence-corrected chi connectivity index (χ0v) is 11.5. The Bertz CT molecular complexity index is 686. The lowest BCUT2D eigenvalue weighted by Crippen LogP contribution is -1.99. The molecule has 0 aliphatic heterocycles. The van der Waals surface area contributed by atoms with E-state index in [1.807, 2.05) is 19.2 Å². The van der Waals surface area contributed by atoms with Crippen LogP contribution in [0, 0.1) is 0 Å². The summed E-state index contributed by atoms with van der Waals surface area (Å²) in [6.45, 7) is 2.63. The fraction of sp³-hybridized carbons (Fsp3) is 0.231. The number of halogens is 1. The Morgan fingerprint density at radius 2 is 2.22 bits per heavy atom. The first-order valence-electron chi connectivity index (χ1n) is 5.82. The first kappa shape index (κ1) is 11.5. The van der Waals surface area contributed by atoms with Crippen molar-refractivity contribution in [3.63, 3.8) is 0 Å². The Balaban J connectivity index is 1.95. The van der Waals surface area contributed by atoms with Crippen LogP contribution in [0.3, 0.4) is 0 Å². The highest BCUT2D eigenvalue weighted by Crippen LogP contribution is 2.21. The van der Waals surface area contributed by atoms with Crippen molar-refractivity contribution in [3.05, 3.63) is 46.7 Å². The topological polar surface area (TPSA) is 43.9 Å². The van der Waals surface area contributed by atoms with Crippen molar-refractivity contribution >= 4 is 26.8 Å². The number of fused-ring (bicyclic) bond motifs is 1. The molecule has 0 aliphatic rings. The highest BCUT2D eigenvalue weighted by molar-refractivity contribution is 9.10. The third kappa shape index (κ3) is 2.06. The number of aromatic nitrogens is 3. The Morgan fingerprint density at radius 1 is 1.33 bits per heavy atom. The van der Waals surface area contributed by atoms with Crippen LogP contribution in [0.2, 0.25) is 0 Å². The minimum atomic E-state index is 0.634. The van der Waals surface area contributed by atoms with Crippen LogP contribution in [0.15, 0.2) is 39.5 Å². The lowest BCUT2D eigenvalue weighted by Gasteiger charge is -2.01. The summed E-state index contributed by atoms with van der Waals surface area (Å²) >= 11 is 3.47. The number of hydrogen-bond acceptors (Lipinski definition) is 3. The summed E-state index contributed by atoms with van der Waals surface area (Å²) in [6.07, 6.45) is 2.81. The van der Waals surface area contributed by atoms with Crippen molar-refractivity contribution in [1.82, 2.24) is 14.7 Å². The molecule has 0 saturated heterocycles. The van der Waals surface area contributed by atoms with Crippen molar-refractivity contribution < 1.29 is 4.52 Å². The number of benzene rings is 1. The smallest absolute Gasteiger partial charge is 0.226 e. The van der Waals surface area contributed by atoms with Crippen LogP contribution in [0.5, 0.6) is 0 Å². The molecule has 2 aromatic heterocycles. The fourth-order valence-electron chi connectivity index (χ4n) is 1.96. The lowest BCUT2D eigenvalue weighted by molar-refractivity contribution is 0.375. The average molecular weight is 306 g/mol. The normalized spacial score (nSPS) is 11.2. The fourth-order valence-corrected chi connectivity index (χ4v) is 2.34. The molecular weight excluding hydrogens is 294 g/mol. The summed E-state index contributed by atoms with van der Waals surface area (Å²) < 4.78 is 8.31. The summed E-state index contributed by atoms with van der Waals surface area (Å²) in [5.74, 6) is 1.40. The highest BCUT2D eigenvalue weighted by Gasteiger charge is 2.07. The molecule has 18 heavy (non-hydrogen) atoms. The number of nitrogens with zero attached hydrogens (tertiary/aromatic N) is 3. The van der Waals surface area contributed by atoms with Gasteiger partial charge < -0.3 is 9.09 Å². The second-order valence-electron chi connectivity index (χ2n) is 4.10. The zero-order chi connectivity index (χ0) is 12.5. The molecule has 0 aliphatic carbocycles. The molecule has 0 unspecified atom stereocenters. The van der Waals surface area contributed by atoms with Crippen LogP contribution >= 0.6 is 15.9 Å². The minimum absolute atomic E-state index is 0.634. The van der Waals surface area contributed by atoms with Crippen molar-refractivity contribution in [2.75, 3.05) is 0 Å². The molecule has 0 fully saturated rings. The third-order valence-corrected chi connectivity index (χ3v) is 3.35. The molecule has 3 rings (SSSR count). The Morgan fingerprint density at radius 3 is 3.00 bits per heavy atom. The monoisotopic (exact) mass is 305 g/mol. The molecule has 4 nitrogen and oxygen atoms in total. The van der Waals surface area contributed by atoms with Gasteiger partial charge in [0.1, 0.15) is 0 Å². The van der Waals surface area contributed by atoms with Gasteiger partial charge in [0.2, 0.25) is 5.89 Å². The second kappa shape index (κ2) is 4.57. The molecular formula is C13H12BrN3O. The lowest BCUT2D eigenvalue weighted by atomic mass is 10.2. The van der Waals surface area contributed by atoms with Gasteiger partial charge in [-0.2, -0.15) is 4.98 Å². The summed E-state index contributed by atoms with van der Waals surface area (Å²) in [7, 11) is 0. The van der Waals surface area contributed by atoms with E-state index in [0.29, 0.717) is 18.3 Å². The predicted molar refractivity (Wildman–Crippen MR) is 72.4 cm³/mol. The van der Waals surface area contributed by atoms with E-state index >= 15 is 0 Å². The van der Waals surface area contributed by atoms with Crippen LogP contribution in [0.4, 0.5) is 0 Å². The highest BCUT2D eigenvalue weighted by atomic mass is 79.9.